The molecule has 0 aliphatic heterocycles. The van der Waals surface area contributed by atoms with Crippen LogP contribution in [0.1, 0.15) is 15.3 Å². The van der Waals surface area contributed by atoms with Crippen LogP contribution in [0, 0.1) is 6.92 Å². The third-order valence-electron chi connectivity index (χ3n) is 3.13. The van der Waals surface area contributed by atoms with Gasteiger partial charge in [-0.3, -0.25) is 4.79 Å². The summed E-state index contributed by atoms with van der Waals surface area (Å²) in [4.78, 5) is 14.1. The van der Waals surface area contributed by atoms with Crippen molar-refractivity contribution in [1.82, 2.24) is 15.6 Å². The lowest BCUT2D eigenvalue weighted by Crippen LogP contribution is -2.19. The first kappa shape index (κ1) is 20.3. The molecule has 140 valence electrons. The zero-order valence-corrected chi connectivity index (χ0v) is 18.2. The first-order valence-electron chi connectivity index (χ1n) is 7.80. The predicted molar refractivity (Wildman–Crippen MR) is 116 cm³/mol. The Morgan fingerprint density at radius 2 is 1.89 bits per heavy atom. The summed E-state index contributed by atoms with van der Waals surface area (Å²) in [7, 11) is 0. The minimum atomic E-state index is -0.171. The fraction of sp³-hybridized carbons (Fsp3) is 0.176. The third kappa shape index (κ3) is 6.93. The summed E-state index contributed by atoms with van der Waals surface area (Å²) in [6.45, 7) is 2.03. The van der Waals surface area contributed by atoms with E-state index >= 15 is 0 Å². The molecule has 0 aliphatic carbocycles. The van der Waals surface area contributed by atoms with Gasteiger partial charge in [0.15, 0.2) is 8.68 Å². The topological polar surface area (TPSA) is 67.2 Å². The van der Waals surface area contributed by atoms with Gasteiger partial charge in [0.1, 0.15) is 0 Å². The Morgan fingerprint density at radius 1 is 1.15 bits per heavy atom. The molecule has 0 atom stereocenters. The van der Waals surface area contributed by atoms with Gasteiger partial charge in [0.05, 0.1) is 12.0 Å². The van der Waals surface area contributed by atoms with Crippen LogP contribution in [0.2, 0.25) is 5.02 Å². The average Bonchev–Trinajstić information content (AvgIpc) is 3.28. The minimum absolute atomic E-state index is 0.171. The van der Waals surface area contributed by atoms with Gasteiger partial charge >= 0.3 is 0 Å². The van der Waals surface area contributed by atoms with E-state index < -0.39 is 0 Å². The summed E-state index contributed by atoms with van der Waals surface area (Å²) in [5.74, 6) is 0.876. The smallest absolute Gasteiger partial charge is 0.250 e. The standard InChI is InChI=1S/C17H15ClN4OS4/c1-11-2-7-14(26-11)8-19-20-15(23)10-25-17-22-21-16(27-17)24-9-12-3-5-13(18)6-4-12/h2-8H,9-10H2,1H3,(H,20,23)/b19-8+. The van der Waals surface area contributed by atoms with Crippen LogP contribution in [-0.4, -0.2) is 28.1 Å². The number of thioether (sulfide) groups is 2. The van der Waals surface area contributed by atoms with Crippen LogP contribution < -0.4 is 5.43 Å². The molecule has 27 heavy (non-hydrogen) atoms. The van der Waals surface area contributed by atoms with Crippen molar-refractivity contribution < 1.29 is 4.79 Å². The van der Waals surface area contributed by atoms with Crippen LogP contribution in [0.3, 0.4) is 0 Å². The number of carbonyl (C=O) groups excluding carboxylic acids is 1. The highest BCUT2D eigenvalue weighted by Crippen LogP contribution is 2.30. The molecule has 2 aromatic heterocycles. The Kier molecular flexibility index (Phi) is 7.71. The number of rotatable bonds is 8. The lowest BCUT2D eigenvalue weighted by Gasteiger charge is -1.98. The summed E-state index contributed by atoms with van der Waals surface area (Å²) in [6.07, 6.45) is 1.65. The maximum atomic E-state index is 11.9. The number of benzene rings is 1. The Labute approximate surface area is 178 Å². The second-order valence-electron chi connectivity index (χ2n) is 5.28. The lowest BCUT2D eigenvalue weighted by molar-refractivity contribution is -0.118. The second kappa shape index (κ2) is 10.2. The SMILES string of the molecule is Cc1ccc(/C=N/NC(=O)CSc2nnc(SCc3ccc(Cl)cc3)s2)s1. The molecule has 0 radical (unpaired) electrons. The third-order valence-corrected chi connectivity index (χ3v) is 7.58. The van der Waals surface area contributed by atoms with Crippen LogP contribution in [0.15, 0.2) is 50.2 Å². The quantitative estimate of drug-likeness (QED) is 0.291. The summed E-state index contributed by atoms with van der Waals surface area (Å²) in [5.41, 5.74) is 3.70. The molecule has 10 heteroatoms. The van der Waals surface area contributed by atoms with Crippen molar-refractivity contribution in [1.29, 1.82) is 0 Å². The maximum absolute atomic E-state index is 11.9. The van der Waals surface area contributed by atoms with Gasteiger partial charge in [0.25, 0.3) is 5.91 Å². The molecule has 0 fully saturated rings. The molecule has 3 rings (SSSR count). The van der Waals surface area contributed by atoms with Gasteiger partial charge in [0.2, 0.25) is 0 Å². The molecule has 5 nitrogen and oxygen atoms in total. The van der Waals surface area contributed by atoms with Crippen LogP contribution in [0.5, 0.6) is 0 Å². The average molecular weight is 455 g/mol. The molecule has 1 N–H and O–H groups in total. The van der Waals surface area contributed by atoms with Crippen LogP contribution in [0.25, 0.3) is 0 Å². The summed E-state index contributed by atoms with van der Waals surface area (Å²) >= 11 is 12.0. The van der Waals surface area contributed by atoms with E-state index in [4.69, 9.17) is 11.6 Å². The molecule has 0 bridgehead atoms. The fourth-order valence-electron chi connectivity index (χ4n) is 1.89. The molecular weight excluding hydrogens is 440 g/mol. The van der Waals surface area contributed by atoms with Gasteiger partial charge in [0, 0.05) is 20.5 Å². The highest BCUT2D eigenvalue weighted by molar-refractivity contribution is 8.03. The molecule has 0 saturated carbocycles. The van der Waals surface area contributed by atoms with Gasteiger partial charge < -0.3 is 0 Å². The van der Waals surface area contributed by atoms with Gasteiger partial charge in [-0.1, -0.05) is 58.6 Å². The normalized spacial score (nSPS) is 11.2. The first-order valence-corrected chi connectivity index (χ1v) is 11.8. The van der Waals surface area contributed by atoms with Gasteiger partial charge in [-0.05, 0) is 36.8 Å². The summed E-state index contributed by atoms with van der Waals surface area (Å²) in [5, 5.41) is 13.0. The van der Waals surface area contributed by atoms with Gasteiger partial charge in [-0.2, -0.15) is 5.10 Å². The first-order chi connectivity index (χ1) is 13.1. The van der Waals surface area contributed by atoms with Crippen molar-refractivity contribution in [3.05, 3.63) is 56.7 Å². The number of hydrazone groups is 1. The van der Waals surface area contributed by atoms with E-state index in [-0.39, 0.29) is 11.7 Å². The van der Waals surface area contributed by atoms with Crippen LogP contribution in [0.4, 0.5) is 0 Å². The van der Waals surface area contributed by atoms with E-state index in [0.29, 0.717) is 0 Å². The number of hydrogen-bond acceptors (Lipinski definition) is 8. The van der Waals surface area contributed by atoms with Crippen LogP contribution >= 0.6 is 57.8 Å². The second-order valence-corrected chi connectivity index (χ2v) is 10.5. The van der Waals surface area contributed by atoms with Crippen molar-refractivity contribution in [2.24, 2.45) is 5.10 Å². The van der Waals surface area contributed by atoms with E-state index in [2.05, 4.69) is 20.7 Å². The monoisotopic (exact) mass is 454 g/mol. The highest BCUT2D eigenvalue weighted by atomic mass is 35.5. The maximum Gasteiger partial charge on any atom is 0.250 e. The minimum Gasteiger partial charge on any atom is -0.272 e. The van der Waals surface area contributed by atoms with Crippen molar-refractivity contribution in [2.45, 2.75) is 21.4 Å². The Bertz CT molecular complexity index is 923. The molecule has 1 aromatic carbocycles. The Morgan fingerprint density at radius 3 is 2.59 bits per heavy atom. The van der Waals surface area contributed by atoms with E-state index in [9.17, 15) is 4.79 Å². The molecule has 0 spiro atoms. The van der Waals surface area contributed by atoms with E-state index in [0.717, 1.165) is 24.3 Å². The molecule has 2 heterocycles. The number of nitrogens with one attached hydrogen (secondary N) is 1. The largest absolute Gasteiger partial charge is 0.272 e. The molecule has 0 unspecified atom stereocenters. The predicted octanol–water partition coefficient (Wildman–Crippen LogP) is 5.10. The molecule has 0 saturated heterocycles. The molecule has 0 aliphatic rings. The molecule has 3 aromatic rings. The molecule has 1 amide bonds. The van der Waals surface area contributed by atoms with Crippen molar-refractivity contribution in [3.8, 4) is 0 Å². The van der Waals surface area contributed by atoms with Crippen molar-refractivity contribution in [3.63, 3.8) is 0 Å². The van der Waals surface area contributed by atoms with Crippen molar-refractivity contribution in [2.75, 3.05) is 5.75 Å². The van der Waals surface area contributed by atoms with E-state index in [1.54, 1.807) is 29.3 Å². The number of hydrogen-bond donors (Lipinski definition) is 1. The summed E-state index contributed by atoms with van der Waals surface area (Å²) < 4.78 is 1.64. The molecular formula is C17H15ClN4OS4. The lowest BCUT2D eigenvalue weighted by atomic mass is 10.2. The van der Waals surface area contributed by atoms with Crippen molar-refractivity contribution >= 4 is 69.9 Å². The van der Waals surface area contributed by atoms with Gasteiger partial charge in [-0.25, -0.2) is 5.43 Å². The number of amides is 1. The number of thiophene rings is 1. The zero-order chi connectivity index (χ0) is 19.1. The number of halogens is 1. The highest BCUT2D eigenvalue weighted by Gasteiger charge is 2.08. The number of nitrogens with zero attached hydrogens (tertiary/aromatic N) is 3. The van der Waals surface area contributed by atoms with E-state index in [1.807, 2.05) is 43.3 Å². The zero-order valence-electron chi connectivity index (χ0n) is 14.2. The number of aromatic nitrogens is 2. The Balaban J connectivity index is 1.40. The fourth-order valence-corrected chi connectivity index (χ4v) is 5.53. The summed E-state index contributed by atoms with van der Waals surface area (Å²) in [6, 6.07) is 11.7. The van der Waals surface area contributed by atoms with Crippen LogP contribution in [-0.2, 0) is 10.5 Å². The Hall–Kier alpha value is -1.39. The van der Waals surface area contributed by atoms with Gasteiger partial charge in [-0.15, -0.1) is 21.5 Å². The number of carbonyl (C=O) groups is 1. The number of aryl methyl sites for hydroxylation is 1. The van der Waals surface area contributed by atoms with E-state index in [1.165, 1.54) is 33.5 Å².